The minimum Gasteiger partial charge on any atom is -0.494 e. The second-order valence-electron chi connectivity index (χ2n) is 7.85. The number of aromatic nitrogens is 1. The monoisotopic (exact) mass is 432 g/mol. The molecule has 2 heterocycles. The van der Waals surface area contributed by atoms with E-state index in [4.69, 9.17) is 21.7 Å². The van der Waals surface area contributed by atoms with Gasteiger partial charge in [-0.1, -0.05) is 0 Å². The van der Waals surface area contributed by atoms with Gasteiger partial charge in [0.05, 0.1) is 19.3 Å². The van der Waals surface area contributed by atoms with Gasteiger partial charge >= 0.3 is 0 Å². The number of ether oxygens (including phenoxy) is 2. The summed E-state index contributed by atoms with van der Waals surface area (Å²) in [7, 11) is 4.05. The highest BCUT2D eigenvalue weighted by molar-refractivity contribution is 7.80. The van der Waals surface area contributed by atoms with Crippen LogP contribution in [0.4, 0.5) is 0 Å². The first kappa shape index (κ1) is 22.5. The van der Waals surface area contributed by atoms with E-state index in [9.17, 15) is 4.79 Å². The van der Waals surface area contributed by atoms with Crippen molar-refractivity contribution in [3.8, 4) is 5.75 Å². The average molecular weight is 433 g/mol. The van der Waals surface area contributed by atoms with Crippen LogP contribution in [0.25, 0.3) is 10.9 Å². The van der Waals surface area contributed by atoms with Crippen molar-refractivity contribution in [2.45, 2.75) is 32.4 Å². The molecule has 2 aromatic rings. The maximum absolute atomic E-state index is 12.7. The summed E-state index contributed by atoms with van der Waals surface area (Å²) < 4.78 is 11.3. The summed E-state index contributed by atoms with van der Waals surface area (Å²) in [4.78, 5) is 19.8. The van der Waals surface area contributed by atoms with Crippen LogP contribution in [-0.4, -0.2) is 72.9 Å². The topological polar surface area (TPSA) is 69.8 Å². The maximum Gasteiger partial charge on any atom is 0.253 e. The van der Waals surface area contributed by atoms with E-state index < -0.39 is 0 Å². The van der Waals surface area contributed by atoms with Gasteiger partial charge in [0.15, 0.2) is 5.11 Å². The number of thiocarbonyl (C=S) groups is 1. The summed E-state index contributed by atoms with van der Waals surface area (Å²) in [5.74, 6) is 0.793. The van der Waals surface area contributed by atoms with Crippen LogP contribution < -0.4 is 15.6 Å². The van der Waals surface area contributed by atoms with Crippen LogP contribution in [0.5, 0.6) is 5.75 Å². The molecule has 0 saturated carbocycles. The first-order valence-electron chi connectivity index (χ1n) is 10.5. The van der Waals surface area contributed by atoms with E-state index in [-0.39, 0.29) is 11.7 Å². The number of pyridine rings is 1. The lowest BCUT2D eigenvalue weighted by Crippen LogP contribution is -2.45. The standard InChI is InChI=1S/C22H32N4O3S/c1-4-28-18-7-8-20-16(13-18)12-17(21(27)24-20)15-26(10-9-25(2)3)22(30)23-14-19-6-5-11-29-19/h7-8,12-13,19H,4-6,9-11,14-15H2,1-3H3,(H,23,30)(H,24,27)/t19-/m1/s1. The second kappa shape index (κ2) is 10.7. The Bertz CT molecular complexity index is 909. The van der Waals surface area contributed by atoms with Crippen LogP contribution in [0.2, 0.25) is 0 Å². The smallest absolute Gasteiger partial charge is 0.253 e. The molecule has 1 aliphatic heterocycles. The van der Waals surface area contributed by atoms with Gasteiger partial charge in [-0.3, -0.25) is 4.79 Å². The molecule has 1 saturated heterocycles. The molecule has 0 bridgehead atoms. The van der Waals surface area contributed by atoms with Gasteiger partial charge in [0.25, 0.3) is 5.56 Å². The number of rotatable bonds is 9. The van der Waals surface area contributed by atoms with Crippen molar-refractivity contribution in [3.63, 3.8) is 0 Å². The molecule has 164 valence electrons. The average Bonchev–Trinajstić information content (AvgIpc) is 3.23. The number of H-pyrrole nitrogens is 1. The minimum atomic E-state index is -0.0940. The Morgan fingerprint density at radius 3 is 2.87 bits per heavy atom. The van der Waals surface area contributed by atoms with Crippen molar-refractivity contribution >= 4 is 28.2 Å². The molecule has 2 N–H and O–H groups in total. The Morgan fingerprint density at radius 2 is 2.17 bits per heavy atom. The van der Waals surface area contributed by atoms with Crippen molar-refractivity contribution in [2.75, 3.05) is 46.9 Å². The van der Waals surface area contributed by atoms with E-state index in [1.54, 1.807) is 0 Å². The Hall–Kier alpha value is -2.16. The van der Waals surface area contributed by atoms with Crippen LogP contribution in [0.15, 0.2) is 29.1 Å². The number of likely N-dealkylation sites (N-methyl/N-ethyl adjacent to an activating group) is 1. The van der Waals surface area contributed by atoms with Gasteiger partial charge in [0.1, 0.15) is 5.75 Å². The summed E-state index contributed by atoms with van der Waals surface area (Å²) in [5, 5.41) is 4.93. The quantitative estimate of drug-likeness (QED) is 0.590. The third kappa shape index (κ3) is 6.17. The number of benzene rings is 1. The highest BCUT2D eigenvalue weighted by Crippen LogP contribution is 2.20. The fraction of sp³-hybridized carbons (Fsp3) is 0.545. The van der Waals surface area contributed by atoms with E-state index in [0.29, 0.717) is 30.4 Å². The van der Waals surface area contributed by atoms with Gasteiger partial charge in [-0.2, -0.15) is 0 Å². The van der Waals surface area contributed by atoms with Gasteiger partial charge in [-0.05, 0) is 70.3 Å². The van der Waals surface area contributed by atoms with E-state index in [1.807, 2.05) is 50.2 Å². The largest absolute Gasteiger partial charge is 0.494 e. The SMILES string of the molecule is CCOc1ccc2[nH]c(=O)c(CN(CCN(C)C)C(=S)NC[C@H]3CCCO3)cc2c1. The first-order chi connectivity index (χ1) is 14.5. The molecular weight excluding hydrogens is 400 g/mol. The van der Waals surface area contributed by atoms with Crippen LogP contribution in [-0.2, 0) is 11.3 Å². The molecule has 7 nitrogen and oxygen atoms in total. The normalized spacial score (nSPS) is 16.2. The molecule has 0 unspecified atom stereocenters. The molecule has 1 atom stereocenters. The summed E-state index contributed by atoms with van der Waals surface area (Å²) in [5.41, 5.74) is 1.38. The number of hydrogen-bond donors (Lipinski definition) is 2. The lowest BCUT2D eigenvalue weighted by atomic mass is 10.1. The van der Waals surface area contributed by atoms with Gasteiger partial charge < -0.3 is 29.6 Å². The van der Waals surface area contributed by atoms with Crippen molar-refractivity contribution in [2.24, 2.45) is 0 Å². The molecule has 1 aromatic heterocycles. The molecule has 3 rings (SSSR count). The van der Waals surface area contributed by atoms with Gasteiger partial charge in [0.2, 0.25) is 0 Å². The summed E-state index contributed by atoms with van der Waals surface area (Å²) in [6.07, 6.45) is 2.36. The molecule has 8 heteroatoms. The number of nitrogens with one attached hydrogen (secondary N) is 2. The molecule has 1 aliphatic rings. The number of nitrogens with zero attached hydrogens (tertiary/aromatic N) is 2. The lowest BCUT2D eigenvalue weighted by Gasteiger charge is -2.28. The fourth-order valence-corrected chi connectivity index (χ4v) is 3.74. The third-order valence-corrected chi connectivity index (χ3v) is 5.58. The van der Waals surface area contributed by atoms with Crippen molar-refractivity contribution < 1.29 is 9.47 Å². The summed E-state index contributed by atoms with van der Waals surface area (Å²) in [6, 6.07) is 7.64. The summed E-state index contributed by atoms with van der Waals surface area (Å²) in [6.45, 7) is 6.07. The number of fused-ring (bicyclic) bond motifs is 1. The van der Waals surface area contributed by atoms with E-state index in [2.05, 4.69) is 15.2 Å². The number of aromatic amines is 1. The van der Waals surface area contributed by atoms with Crippen LogP contribution in [0, 0.1) is 0 Å². The van der Waals surface area contributed by atoms with E-state index in [0.717, 1.165) is 49.2 Å². The zero-order chi connectivity index (χ0) is 21.5. The fourth-order valence-electron chi connectivity index (χ4n) is 3.50. The highest BCUT2D eigenvalue weighted by atomic mass is 32.1. The molecule has 0 aliphatic carbocycles. The highest BCUT2D eigenvalue weighted by Gasteiger charge is 2.18. The van der Waals surface area contributed by atoms with Crippen LogP contribution in [0.1, 0.15) is 25.3 Å². The Balaban J connectivity index is 1.77. The molecule has 0 spiro atoms. The van der Waals surface area contributed by atoms with Crippen molar-refractivity contribution in [3.05, 3.63) is 40.2 Å². The Kier molecular flexibility index (Phi) is 8.07. The molecule has 1 fully saturated rings. The maximum atomic E-state index is 12.7. The Labute approximate surface area is 183 Å². The first-order valence-corrected chi connectivity index (χ1v) is 10.9. The van der Waals surface area contributed by atoms with Gasteiger partial charge in [-0.25, -0.2) is 0 Å². The number of hydrogen-bond acceptors (Lipinski definition) is 5. The van der Waals surface area contributed by atoms with E-state index in [1.165, 1.54) is 0 Å². The lowest BCUT2D eigenvalue weighted by molar-refractivity contribution is 0.113. The van der Waals surface area contributed by atoms with E-state index >= 15 is 0 Å². The summed E-state index contributed by atoms with van der Waals surface area (Å²) >= 11 is 5.66. The van der Waals surface area contributed by atoms with Crippen LogP contribution in [0.3, 0.4) is 0 Å². The molecular formula is C22H32N4O3S. The van der Waals surface area contributed by atoms with Crippen LogP contribution >= 0.6 is 12.2 Å². The zero-order valence-electron chi connectivity index (χ0n) is 18.1. The minimum absolute atomic E-state index is 0.0940. The third-order valence-electron chi connectivity index (χ3n) is 5.17. The molecule has 0 amide bonds. The zero-order valence-corrected chi connectivity index (χ0v) is 18.9. The van der Waals surface area contributed by atoms with Gasteiger partial charge in [0, 0.05) is 42.7 Å². The second-order valence-corrected chi connectivity index (χ2v) is 8.24. The van der Waals surface area contributed by atoms with Gasteiger partial charge in [-0.15, -0.1) is 0 Å². The van der Waals surface area contributed by atoms with Crippen molar-refractivity contribution in [1.82, 2.24) is 20.1 Å². The van der Waals surface area contributed by atoms with Crippen molar-refractivity contribution in [1.29, 1.82) is 0 Å². The molecule has 30 heavy (non-hydrogen) atoms. The predicted octanol–water partition coefficient (Wildman–Crippen LogP) is 2.34. The molecule has 1 aromatic carbocycles. The predicted molar refractivity (Wildman–Crippen MR) is 124 cm³/mol. The molecule has 0 radical (unpaired) electrons. The Morgan fingerprint density at radius 1 is 1.33 bits per heavy atom.